The molecule has 2 amide bonds. The molecule has 172 valence electrons. The van der Waals surface area contributed by atoms with Gasteiger partial charge in [-0.15, -0.1) is 0 Å². The van der Waals surface area contributed by atoms with Gasteiger partial charge in [0.1, 0.15) is 17.6 Å². The average Bonchev–Trinajstić information content (AvgIpc) is 2.83. The van der Waals surface area contributed by atoms with Crippen molar-refractivity contribution in [2.45, 2.75) is 25.9 Å². The molecule has 0 aliphatic carbocycles. The summed E-state index contributed by atoms with van der Waals surface area (Å²) in [5, 5.41) is 2.64. The number of hydrogen-bond acceptors (Lipinski definition) is 3. The Morgan fingerprint density at radius 3 is 2.42 bits per heavy atom. The molecule has 3 aromatic carbocycles. The van der Waals surface area contributed by atoms with Gasteiger partial charge < -0.3 is 15.0 Å². The fourth-order valence-corrected chi connectivity index (χ4v) is 3.71. The highest BCUT2D eigenvalue weighted by Gasteiger charge is 2.30. The van der Waals surface area contributed by atoms with Gasteiger partial charge in [0, 0.05) is 30.0 Å². The number of ether oxygens (including phenoxy) is 1. The fraction of sp³-hybridized carbons (Fsp3) is 0.231. The molecule has 0 heterocycles. The Morgan fingerprint density at radius 1 is 1.06 bits per heavy atom. The third-order valence-corrected chi connectivity index (χ3v) is 6.20. The van der Waals surface area contributed by atoms with Crippen LogP contribution in [0, 0.1) is 12.7 Å². The van der Waals surface area contributed by atoms with Crippen LogP contribution in [0.2, 0.25) is 0 Å². The van der Waals surface area contributed by atoms with E-state index in [1.807, 2.05) is 49.4 Å². The van der Waals surface area contributed by atoms with Crippen molar-refractivity contribution < 1.29 is 18.7 Å². The van der Waals surface area contributed by atoms with Crippen LogP contribution in [0.1, 0.15) is 16.7 Å². The average molecular weight is 513 g/mol. The lowest BCUT2D eigenvalue weighted by molar-refractivity contribution is -0.142. The van der Waals surface area contributed by atoms with E-state index in [2.05, 4.69) is 21.2 Å². The number of nitrogens with zero attached hydrogens (tertiary/aromatic N) is 1. The van der Waals surface area contributed by atoms with Gasteiger partial charge in [-0.1, -0.05) is 64.5 Å². The van der Waals surface area contributed by atoms with E-state index in [9.17, 15) is 14.0 Å². The minimum atomic E-state index is -0.834. The molecule has 0 aromatic heterocycles. The molecule has 0 fully saturated rings. The molecule has 0 saturated heterocycles. The lowest BCUT2D eigenvalue weighted by Gasteiger charge is -2.31. The fourth-order valence-electron chi connectivity index (χ4n) is 3.47. The number of benzene rings is 3. The quantitative estimate of drug-likeness (QED) is 0.453. The van der Waals surface area contributed by atoms with E-state index in [0.717, 1.165) is 15.6 Å². The second-order valence-corrected chi connectivity index (χ2v) is 8.49. The molecule has 0 bridgehead atoms. The Morgan fingerprint density at radius 2 is 1.76 bits per heavy atom. The van der Waals surface area contributed by atoms with Gasteiger partial charge in [-0.3, -0.25) is 9.59 Å². The number of carbonyl (C=O) groups excluding carboxylic acids is 2. The summed E-state index contributed by atoms with van der Waals surface area (Å²) in [7, 11) is 1.52. The number of carbonyl (C=O) groups is 2. The molecule has 0 aliphatic heterocycles. The zero-order valence-electron chi connectivity index (χ0n) is 18.6. The van der Waals surface area contributed by atoms with Crippen molar-refractivity contribution in [3.8, 4) is 5.75 Å². The van der Waals surface area contributed by atoms with Crippen molar-refractivity contribution in [3.63, 3.8) is 0 Å². The molecular formula is C26H26BrFN2O3. The SMILES string of the molecule is CNC(=O)C(Cc1ccccc1)N(Cc1ccccc1F)C(=O)COc1ccc(Br)c(C)c1. The molecule has 33 heavy (non-hydrogen) atoms. The summed E-state index contributed by atoms with van der Waals surface area (Å²) in [5.41, 5.74) is 2.18. The molecule has 0 radical (unpaired) electrons. The molecule has 1 N–H and O–H groups in total. The van der Waals surface area contributed by atoms with Crippen LogP contribution in [0.4, 0.5) is 4.39 Å². The van der Waals surface area contributed by atoms with Gasteiger partial charge in [0.25, 0.3) is 5.91 Å². The van der Waals surface area contributed by atoms with E-state index in [1.54, 1.807) is 24.3 Å². The van der Waals surface area contributed by atoms with E-state index in [-0.39, 0.29) is 25.5 Å². The summed E-state index contributed by atoms with van der Waals surface area (Å²) in [5.74, 6) is -0.643. The predicted octanol–water partition coefficient (Wildman–Crippen LogP) is 4.66. The topological polar surface area (TPSA) is 58.6 Å². The summed E-state index contributed by atoms with van der Waals surface area (Å²) >= 11 is 3.44. The monoisotopic (exact) mass is 512 g/mol. The van der Waals surface area contributed by atoms with Crippen LogP contribution in [0.25, 0.3) is 0 Å². The molecule has 0 aliphatic rings. The lowest BCUT2D eigenvalue weighted by atomic mass is 10.0. The van der Waals surface area contributed by atoms with Crippen molar-refractivity contribution in [2.24, 2.45) is 0 Å². The van der Waals surface area contributed by atoms with E-state index in [4.69, 9.17) is 4.74 Å². The van der Waals surface area contributed by atoms with Gasteiger partial charge in [-0.05, 0) is 42.3 Å². The first kappa shape index (κ1) is 24.5. The number of nitrogens with one attached hydrogen (secondary N) is 1. The molecule has 0 saturated carbocycles. The molecule has 1 atom stereocenters. The molecule has 0 spiro atoms. The number of hydrogen-bond donors (Lipinski definition) is 1. The predicted molar refractivity (Wildman–Crippen MR) is 129 cm³/mol. The number of halogens is 2. The molecule has 1 unspecified atom stereocenters. The van der Waals surface area contributed by atoms with Crippen LogP contribution < -0.4 is 10.1 Å². The second-order valence-electron chi connectivity index (χ2n) is 7.63. The zero-order valence-corrected chi connectivity index (χ0v) is 20.1. The van der Waals surface area contributed by atoms with Crippen LogP contribution in [-0.2, 0) is 22.6 Å². The number of aryl methyl sites for hydroxylation is 1. The molecule has 3 rings (SSSR count). The molecule has 5 nitrogen and oxygen atoms in total. The summed E-state index contributed by atoms with van der Waals surface area (Å²) in [6.45, 7) is 1.59. The summed E-state index contributed by atoms with van der Waals surface area (Å²) < 4.78 is 21.1. The smallest absolute Gasteiger partial charge is 0.261 e. The summed E-state index contributed by atoms with van der Waals surface area (Å²) in [6.07, 6.45) is 0.290. The van der Waals surface area contributed by atoms with Gasteiger partial charge in [0.15, 0.2) is 6.61 Å². The maximum absolute atomic E-state index is 14.4. The lowest BCUT2D eigenvalue weighted by Crippen LogP contribution is -2.51. The van der Waals surface area contributed by atoms with E-state index >= 15 is 0 Å². The van der Waals surface area contributed by atoms with E-state index < -0.39 is 17.8 Å². The normalized spacial score (nSPS) is 11.5. The van der Waals surface area contributed by atoms with Crippen molar-refractivity contribution in [1.29, 1.82) is 0 Å². The zero-order chi connectivity index (χ0) is 23.8. The van der Waals surface area contributed by atoms with Gasteiger partial charge in [-0.25, -0.2) is 4.39 Å². The highest BCUT2D eigenvalue weighted by Crippen LogP contribution is 2.22. The highest BCUT2D eigenvalue weighted by atomic mass is 79.9. The molecule has 3 aromatic rings. The maximum Gasteiger partial charge on any atom is 0.261 e. The van der Waals surface area contributed by atoms with Crippen LogP contribution in [-0.4, -0.2) is 36.4 Å². The van der Waals surface area contributed by atoms with Crippen molar-refractivity contribution in [2.75, 3.05) is 13.7 Å². The summed E-state index contributed by atoms with van der Waals surface area (Å²) in [6, 6.07) is 20.2. The van der Waals surface area contributed by atoms with E-state index in [1.165, 1.54) is 18.0 Å². The first-order valence-electron chi connectivity index (χ1n) is 10.6. The minimum absolute atomic E-state index is 0.0564. The van der Waals surface area contributed by atoms with Crippen LogP contribution in [0.3, 0.4) is 0 Å². The summed E-state index contributed by atoms with van der Waals surface area (Å²) in [4.78, 5) is 27.6. The van der Waals surface area contributed by atoms with Crippen molar-refractivity contribution in [3.05, 3.63) is 99.8 Å². The number of likely N-dealkylation sites (N-methyl/N-ethyl adjacent to an activating group) is 1. The minimum Gasteiger partial charge on any atom is -0.484 e. The maximum atomic E-state index is 14.4. The van der Waals surface area contributed by atoms with Crippen molar-refractivity contribution >= 4 is 27.7 Å². The Hall–Kier alpha value is -3.19. The number of rotatable bonds is 9. The second kappa shape index (κ2) is 11.6. The van der Waals surface area contributed by atoms with Crippen LogP contribution >= 0.6 is 15.9 Å². The van der Waals surface area contributed by atoms with Gasteiger partial charge in [0.05, 0.1) is 0 Å². The third-order valence-electron chi connectivity index (χ3n) is 5.31. The Bertz CT molecular complexity index is 1110. The van der Waals surface area contributed by atoms with Crippen molar-refractivity contribution in [1.82, 2.24) is 10.2 Å². The molecule has 7 heteroatoms. The van der Waals surface area contributed by atoms with E-state index in [0.29, 0.717) is 11.3 Å². The first-order valence-corrected chi connectivity index (χ1v) is 11.4. The largest absolute Gasteiger partial charge is 0.484 e. The molecular weight excluding hydrogens is 487 g/mol. The first-order chi connectivity index (χ1) is 15.9. The van der Waals surface area contributed by atoms with Crippen LogP contribution in [0.5, 0.6) is 5.75 Å². The Balaban J connectivity index is 1.88. The Kier molecular flexibility index (Phi) is 8.60. The number of amides is 2. The standard InChI is InChI=1S/C26H26BrFN2O3/c1-18-14-21(12-13-22(18)27)33-17-25(31)30(16-20-10-6-7-11-23(20)28)24(26(32)29-2)15-19-8-4-3-5-9-19/h3-14,24H,15-17H2,1-2H3,(H,29,32). The van der Waals surface area contributed by atoms with Gasteiger partial charge >= 0.3 is 0 Å². The van der Waals surface area contributed by atoms with Gasteiger partial charge in [0.2, 0.25) is 5.91 Å². The third kappa shape index (κ3) is 6.65. The Labute approximate surface area is 201 Å². The highest BCUT2D eigenvalue weighted by molar-refractivity contribution is 9.10. The van der Waals surface area contributed by atoms with Crippen LogP contribution in [0.15, 0.2) is 77.3 Å². The van der Waals surface area contributed by atoms with Gasteiger partial charge in [-0.2, -0.15) is 0 Å².